The number of aromatic nitrogens is 1. The Balaban J connectivity index is 1.98. The Morgan fingerprint density at radius 1 is 1.05 bits per heavy atom. The molecule has 15 heteroatoms. The third-order valence-corrected chi connectivity index (χ3v) is 7.48. The van der Waals surface area contributed by atoms with E-state index < -0.39 is 47.6 Å². The first-order valence-corrected chi connectivity index (χ1v) is 14.1. The lowest BCUT2D eigenvalue weighted by molar-refractivity contribution is -0.145. The van der Waals surface area contributed by atoms with Crippen LogP contribution in [-0.2, 0) is 19.1 Å². The predicted octanol–water partition coefficient (Wildman–Crippen LogP) is 5.24. The van der Waals surface area contributed by atoms with Gasteiger partial charge in [-0.1, -0.05) is 58.3 Å². The van der Waals surface area contributed by atoms with Gasteiger partial charge in [-0.15, -0.1) is 0 Å². The minimum Gasteiger partial charge on any atom is -0.480 e. The fraction of sp³-hybridized carbons (Fsp3) is 0.259. The molecule has 42 heavy (non-hydrogen) atoms. The second-order valence-electron chi connectivity index (χ2n) is 8.51. The first kappa shape index (κ1) is 31.6. The van der Waals surface area contributed by atoms with E-state index in [0.717, 1.165) is 4.57 Å². The third kappa shape index (κ3) is 6.67. The lowest BCUT2D eigenvalue weighted by atomic mass is 9.95. The molecule has 0 bridgehead atoms. The van der Waals surface area contributed by atoms with Gasteiger partial charge >= 0.3 is 18.1 Å². The van der Waals surface area contributed by atoms with Gasteiger partial charge < -0.3 is 14.2 Å². The summed E-state index contributed by atoms with van der Waals surface area (Å²) in [4.78, 5) is 42.0. The van der Waals surface area contributed by atoms with Crippen LogP contribution in [0, 0.1) is 0 Å². The summed E-state index contributed by atoms with van der Waals surface area (Å²) in [6, 6.07) is 6.85. The first-order valence-electron chi connectivity index (χ1n) is 12.2. The largest absolute Gasteiger partial charge is 0.480 e. The summed E-state index contributed by atoms with van der Waals surface area (Å²) in [5, 5.41) is 0.455. The van der Waals surface area contributed by atoms with E-state index in [2.05, 4.69) is 4.99 Å². The quantitative estimate of drug-likeness (QED) is 0.306. The van der Waals surface area contributed by atoms with E-state index in [4.69, 9.17) is 49.0 Å². The summed E-state index contributed by atoms with van der Waals surface area (Å²) >= 11 is 19.1. The molecule has 3 aromatic rings. The molecule has 0 saturated carbocycles. The van der Waals surface area contributed by atoms with E-state index in [1.54, 1.807) is 6.92 Å². The van der Waals surface area contributed by atoms with Crippen molar-refractivity contribution in [3.8, 4) is 5.75 Å². The number of alkyl halides is 3. The van der Waals surface area contributed by atoms with Crippen molar-refractivity contribution in [2.45, 2.75) is 26.1 Å². The molecule has 1 aliphatic rings. The minimum atomic E-state index is -5.06. The number of esters is 2. The Kier molecular flexibility index (Phi) is 9.71. The lowest BCUT2D eigenvalue weighted by Gasteiger charge is -2.26. The van der Waals surface area contributed by atoms with Crippen molar-refractivity contribution in [3.05, 3.63) is 93.6 Å². The zero-order valence-corrected chi connectivity index (χ0v) is 24.8. The number of fused-ring (bicyclic) bond motifs is 1. The molecule has 1 atom stereocenters. The van der Waals surface area contributed by atoms with Crippen LogP contribution >= 0.6 is 46.1 Å². The molecule has 2 heterocycles. The van der Waals surface area contributed by atoms with Gasteiger partial charge in [-0.2, -0.15) is 13.2 Å². The second-order valence-corrected chi connectivity index (χ2v) is 10.8. The summed E-state index contributed by atoms with van der Waals surface area (Å²) in [6.07, 6.45) is -3.77. The van der Waals surface area contributed by atoms with Crippen molar-refractivity contribution in [1.82, 2.24) is 4.57 Å². The Morgan fingerprint density at radius 2 is 1.71 bits per heavy atom. The highest BCUT2D eigenvalue weighted by Crippen LogP contribution is 2.39. The average Bonchev–Trinajstić information content (AvgIpc) is 3.22. The van der Waals surface area contributed by atoms with E-state index in [9.17, 15) is 27.6 Å². The zero-order chi connectivity index (χ0) is 30.8. The molecule has 0 N–H and O–H groups in total. The average molecular weight is 664 g/mol. The molecule has 4 rings (SSSR count). The number of ether oxygens (including phenoxy) is 3. The molecule has 0 aliphatic carbocycles. The van der Waals surface area contributed by atoms with Crippen molar-refractivity contribution < 1.29 is 37.0 Å². The second kappa shape index (κ2) is 12.9. The smallest absolute Gasteiger partial charge is 0.434 e. The fourth-order valence-corrected chi connectivity index (χ4v) is 5.80. The van der Waals surface area contributed by atoms with Gasteiger partial charge in [0.2, 0.25) is 0 Å². The van der Waals surface area contributed by atoms with Crippen molar-refractivity contribution in [3.63, 3.8) is 0 Å². The topological polar surface area (TPSA) is 96.2 Å². The number of hydrogen-bond acceptors (Lipinski definition) is 8. The maximum absolute atomic E-state index is 14.3. The van der Waals surface area contributed by atoms with Crippen LogP contribution in [0.2, 0.25) is 15.1 Å². The molecule has 0 amide bonds. The maximum Gasteiger partial charge on any atom is 0.434 e. The predicted molar refractivity (Wildman–Crippen MR) is 151 cm³/mol. The normalized spacial score (nSPS) is 15.2. The summed E-state index contributed by atoms with van der Waals surface area (Å²) in [5.41, 5.74) is -2.79. The number of benzene rings is 2. The van der Waals surface area contributed by atoms with Crippen molar-refractivity contribution >= 4 is 64.2 Å². The molecule has 222 valence electrons. The SMILES string of the molecule is CCOC(=O)COc1c(Cl)cc(Cl)cc1/C=c1\sc2n(c1=O)[C@H](c1ccc(Cl)cc1)C(C(=O)OCC)=C(C(F)(F)F)N=2. The highest BCUT2D eigenvalue weighted by molar-refractivity contribution is 7.07. The summed E-state index contributed by atoms with van der Waals surface area (Å²) in [6.45, 7) is 2.46. The molecule has 0 fully saturated rings. The van der Waals surface area contributed by atoms with Crippen LogP contribution in [0.5, 0.6) is 5.75 Å². The van der Waals surface area contributed by atoms with Gasteiger partial charge in [0, 0.05) is 15.6 Å². The Morgan fingerprint density at radius 3 is 2.33 bits per heavy atom. The number of halogens is 6. The number of nitrogens with zero attached hydrogens (tertiary/aromatic N) is 2. The number of rotatable bonds is 8. The van der Waals surface area contributed by atoms with E-state index >= 15 is 0 Å². The maximum atomic E-state index is 14.3. The third-order valence-electron chi connectivity index (χ3n) is 5.74. The highest BCUT2D eigenvalue weighted by atomic mass is 35.5. The van der Waals surface area contributed by atoms with Crippen LogP contribution in [0.4, 0.5) is 13.2 Å². The fourth-order valence-electron chi connectivity index (χ4n) is 4.12. The van der Waals surface area contributed by atoms with Crippen molar-refractivity contribution in [2.75, 3.05) is 19.8 Å². The first-order chi connectivity index (χ1) is 19.8. The number of carbonyl (C=O) groups is 2. The van der Waals surface area contributed by atoms with Gasteiger partial charge in [0.25, 0.3) is 5.56 Å². The van der Waals surface area contributed by atoms with Crippen molar-refractivity contribution in [1.29, 1.82) is 0 Å². The van der Waals surface area contributed by atoms with Crippen LogP contribution in [0.1, 0.15) is 31.0 Å². The molecular weight excluding hydrogens is 644 g/mol. The van der Waals surface area contributed by atoms with Gasteiger partial charge in [-0.3, -0.25) is 9.36 Å². The summed E-state index contributed by atoms with van der Waals surface area (Å²) in [5.74, 6) is -1.97. The molecule has 8 nitrogen and oxygen atoms in total. The monoisotopic (exact) mass is 662 g/mol. The Bertz CT molecular complexity index is 1750. The number of allylic oxidation sites excluding steroid dienone is 1. The van der Waals surface area contributed by atoms with E-state index in [1.807, 2.05) is 0 Å². The number of carbonyl (C=O) groups excluding carboxylic acids is 2. The summed E-state index contributed by atoms with van der Waals surface area (Å²) < 4.78 is 59.1. The molecule has 0 spiro atoms. The molecule has 1 aromatic heterocycles. The van der Waals surface area contributed by atoms with Crippen LogP contribution in [0.3, 0.4) is 0 Å². The minimum absolute atomic E-state index is 0.00817. The van der Waals surface area contributed by atoms with Crippen molar-refractivity contribution in [2.24, 2.45) is 4.99 Å². The van der Waals surface area contributed by atoms with Crippen LogP contribution < -0.4 is 19.6 Å². The van der Waals surface area contributed by atoms with Gasteiger partial charge in [-0.05, 0) is 49.8 Å². The molecule has 1 aliphatic heterocycles. The molecule has 0 saturated heterocycles. The van der Waals surface area contributed by atoms with Gasteiger partial charge in [-0.25, -0.2) is 14.6 Å². The Labute approximate surface area is 255 Å². The van der Waals surface area contributed by atoms with Gasteiger partial charge in [0.15, 0.2) is 17.1 Å². The van der Waals surface area contributed by atoms with E-state index in [-0.39, 0.29) is 54.5 Å². The number of thiazole rings is 1. The Hall–Kier alpha value is -3.32. The van der Waals surface area contributed by atoms with Gasteiger partial charge in [0.1, 0.15) is 5.75 Å². The van der Waals surface area contributed by atoms with Gasteiger partial charge in [0.05, 0.1) is 34.4 Å². The molecule has 0 radical (unpaired) electrons. The van der Waals surface area contributed by atoms with E-state index in [0.29, 0.717) is 11.3 Å². The standard InChI is InChI=1S/C27H20Cl3F3N2O6S/c1-3-39-19(36)12-41-22-14(9-16(29)11-17(22)30)10-18-24(37)35-21(13-5-7-15(28)8-6-13)20(25(38)40-4-2)23(27(31,32)33)34-26(35)42-18/h5-11,21H,3-4,12H2,1-2H3/b18-10-/t21-/m1/s1. The molecule has 2 aromatic carbocycles. The zero-order valence-electron chi connectivity index (χ0n) is 21.8. The highest BCUT2D eigenvalue weighted by Gasteiger charge is 2.45. The lowest BCUT2D eigenvalue weighted by Crippen LogP contribution is -2.41. The van der Waals surface area contributed by atoms with Crippen LogP contribution in [0.25, 0.3) is 6.08 Å². The number of hydrogen-bond donors (Lipinski definition) is 0. The molecule has 0 unspecified atom stereocenters. The molecular formula is C27H20Cl3F3N2O6S. The summed E-state index contributed by atoms with van der Waals surface area (Å²) in [7, 11) is 0. The van der Waals surface area contributed by atoms with Crippen LogP contribution in [-0.4, -0.2) is 42.5 Å². The van der Waals surface area contributed by atoms with Crippen LogP contribution in [0.15, 0.2) is 57.5 Å². The van der Waals surface area contributed by atoms with E-state index in [1.165, 1.54) is 49.4 Å².